The van der Waals surface area contributed by atoms with E-state index in [1.54, 1.807) is 6.26 Å². The lowest BCUT2D eigenvalue weighted by atomic mass is 10.1. The highest BCUT2D eigenvalue weighted by molar-refractivity contribution is 5.78. The summed E-state index contributed by atoms with van der Waals surface area (Å²) >= 11 is 0. The molecule has 1 rings (SSSR count). The largest absolute Gasteiger partial charge is 0.468 e. The van der Waals surface area contributed by atoms with Crippen LogP contribution in [0.3, 0.4) is 0 Å². The average molecular weight is 238 g/mol. The molecule has 0 saturated heterocycles. The first-order valence-electron chi connectivity index (χ1n) is 6.03. The van der Waals surface area contributed by atoms with Crippen LogP contribution in [0.5, 0.6) is 0 Å². The van der Waals surface area contributed by atoms with Crippen LogP contribution in [0.2, 0.25) is 0 Å². The summed E-state index contributed by atoms with van der Waals surface area (Å²) in [5.41, 5.74) is 0. The maximum absolute atomic E-state index is 11.7. The fraction of sp³-hybridized carbons (Fsp3) is 0.615. The molecule has 0 aliphatic heterocycles. The van der Waals surface area contributed by atoms with Gasteiger partial charge in [-0.3, -0.25) is 9.69 Å². The molecule has 0 aliphatic rings. The number of hydrogen-bond donors (Lipinski definition) is 1. The zero-order valence-corrected chi connectivity index (χ0v) is 11.1. The van der Waals surface area contributed by atoms with Gasteiger partial charge in [0.25, 0.3) is 0 Å². The van der Waals surface area contributed by atoms with E-state index < -0.39 is 0 Å². The fourth-order valence-corrected chi connectivity index (χ4v) is 1.58. The van der Waals surface area contributed by atoms with Crippen LogP contribution in [0.25, 0.3) is 0 Å². The molecule has 1 N–H and O–H groups in total. The quantitative estimate of drug-likeness (QED) is 0.825. The van der Waals surface area contributed by atoms with Crippen LogP contribution in [0, 0.1) is 5.92 Å². The van der Waals surface area contributed by atoms with Crippen molar-refractivity contribution in [2.24, 2.45) is 5.92 Å². The molecule has 0 radical (unpaired) electrons. The fourth-order valence-electron chi connectivity index (χ4n) is 1.58. The number of carbonyl (C=O) groups is 1. The Morgan fingerprint density at radius 2 is 2.24 bits per heavy atom. The topological polar surface area (TPSA) is 45.5 Å². The molecule has 0 saturated carbocycles. The second kappa shape index (κ2) is 6.45. The van der Waals surface area contributed by atoms with Crippen molar-refractivity contribution in [1.29, 1.82) is 0 Å². The van der Waals surface area contributed by atoms with Crippen LogP contribution < -0.4 is 5.32 Å². The standard InChI is InChI=1S/C13H22N2O2/c1-5-10(2)13(16)14-9-11(15(3)4)12-7-6-8-17-12/h6-8,10-11H,5,9H2,1-4H3,(H,14,16)/t10-,11+/m0/s1. The molecule has 0 fully saturated rings. The van der Waals surface area contributed by atoms with E-state index in [4.69, 9.17) is 4.42 Å². The number of furan rings is 1. The van der Waals surface area contributed by atoms with Crippen molar-refractivity contribution < 1.29 is 9.21 Å². The van der Waals surface area contributed by atoms with Gasteiger partial charge in [0.1, 0.15) is 5.76 Å². The molecule has 0 aliphatic carbocycles. The van der Waals surface area contributed by atoms with E-state index in [9.17, 15) is 4.79 Å². The Bertz CT molecular complexity index is 333. The number of amides is 1. The third-order valence-electron chi connectivity index (χ3n) is 3.02. The van der Waals surface area contributed by atoms with Crippen LogP contribution in [-0.2, 0) is 4.79 Å². The third-order valence-corrected chi connectivity index (χ3v) is 3.02. The van der Waals surface area contributed by atoms with Crippen LogP contribution in [0.15, 0.2) is 22.8 Å². The number of carbonyl (C=O) groups excluding carboxylic acids is 1. The number of nitrogens with zero attached hydrogens (tertiary/aromatic N) is 1. The molecule has 4 nitrogen and oxygen atoms in total. The molecule has 1 aromatic rings. The summed E-state index contributed by atoms with van der Waals surface area (Å²) in [5, 5.41) is 2.96. The van der Waals surface area contributed by atoms with Gasteiger partial charge in [0.15, 0.2) is 0 Å². The Balaban J connectivity index is 2.55. The minimum atomic E-state index is 0.0643. The van der Waals surface area contributed by atoms with Crippen LogP contribution >= 0.6 is 0 Å². The second-order valence-electron chi connectivity index (χ2n) is 4.55. The van der Waals surface area contributed by atoms with Gasteiger partial charge < -0.3 is 9.73 Å². The maximum atomic E-state index is 11.7. The predicted octanol–water partition coefficient (Wildman–Crippen LogP) is 2.04. The van der Waals surface area contributed by atoms with Crippen molar-refractivity contribution in [3.05, 3.63) is 24.2 Å². The number of rotatable bonds is 6. The average Bonchev–Trinajstić information content (AvgIpc) is 2.81. The van der Waals surface area contributed by atoms with E-state index >= 15 is 0 Å². The van der Waals surface area contributed by atoms with Crippen molar-refractivity contribution in [3.63, 3.8) is 0 Å². The van der Waals surface area contributed by atoms with Crippen LogP contribution in [0.1, 0.15) is 32.1 Å². The molecule has 0 spiro atoms. The van der Waals surface area contributed by atoms with Crippen molar-refractivity contribution in [3.8, 4) is 0 Å². The normalized spacial score (nSPS) is 14.6. The monoisotopic (exact) mass is 238 g/mol. The van der Waals surface area contributed by atoms with Gasteiger partial charge in [0, 0.05) is 12.5 Å². The first-order valence-corrected chi connectivity index (χ1v) is 6.03. The molecule has 17 heavy (non-hydrogen) atoms. The van der Waals surface area contributed by atoms with E-state index in [1.165, 1.54) is 0 Å². The molecule has 0 aromatic carbocycles. The molecule has 2 atom stereocenters. The van der Waals surface area contributed by atoms with E-state index in [2.05, 4.69) is 5.32 Å². The van der Waals surface area contributed by atoms with Gasteiger partial charge in [0.2, 0.25) is 5.91 Å². The number of hydrogen-bond acceptors (Lipinski definition) is 3. The molecule has 0 bridgehead atoms. The number of nitrogens with one attached hydrogen (secondary N) is 1. The molecular weight excluding hydrogens is 216 g/mol. The van der Waals surface area contributed by atoms with E-state index in [-0.39, 0.29) is 17.9 Å². The molecule has 0 unspecified atom stereocenters. The Kier molecular flexibility index (Phi) is 5.22. The van der Waals surface area contributed by atoms with Crippen LogP contribution in [0.4, 0.5) is 0 Å². The second-order valence-corrected chi connectivity index (χ2v) is 4.55. The van der Waals surface area contributed by atoms with Crippen molar-refractivity contribution in [1.82, 2.24) is 10.2 Å². The lowest BCUT2D eigenvalue weighted by Crippen LogP contribution is -2.36. The molecule has 96 valence electrons. The van der Waals surface area contributed by atoms with Crippen molar-refractivity contribution in [2.45, 2.75) is 26.3 Å². The summed E-state index contributed by atoms with van der Waals surface area (Å²) in [4.78, 5) is 13.7. The van der Waals surface area contributed by atoms with Gasteiger partial charge in [-0.15, -0.1) is 0 Å². The van der Waals surface area contributed by atoms with Crippen molar-refractivity contribution in [2.75, 3.05) is 20.6 Å². The highest BCUT2D eigenvalue weighted by Gasteiger charge is 2.19. The summed E-state index contributed by atoms with van der Waals surface area (Å²) in [6.45, 7) is 4.52. The van der Waals surface area contributed by atoms with Crippen molar-refractivity contribution >= 4 is 5.91 Å². The highest BCUT2D eigenvalue weighted by atomic mass is 16.3. The first kappa shape index (κ1) is 13.8. The van der Waals surface area contributed by atoms with E-state index in [1.807, 2.05) is 45.0 Å². The summed E-state index contributed by atoms with van der Waals surface area (Å²) in [6.07, 6.45) is 2.52. The van der Waals surface area contributed by atoms with Gasteiger partial charge in [-0.25, -0.2) is 0 Å². The molecule has 1 amide bonds. The van der Waals surface area contributed by atoms with Crippen LogP contribution in [-0.4, -0.2) is 31.4 Å². The minimum Gasteiger partial charge on any atom is -0.468 e. The SMILES string of the molecule is CC[C@H](C)C(=O)NC[C@H](c1ccco1)N(C)C. The summed E-state index contributed by atoms with van der Waals surface area (Å²) in [7, 11) is 3.95. The van der Waals surface area contributed by atoms with Gasteiger partial charge in [-0.05, 0) is 32.6 Å². The molecule has 1 aromatic heterocycles. The first-order chi connectivity index (χ1) is 8.06. The van der Waals surface area contributed by atoms with Gasteiger partial charge >= 0.3 is 0 Å². The van der Waals surface area contributed by atoms with Gasteiger partial charge in [-0.2, -0.15) is 0 Å². The molecule has 1 heterocycles. The highest BCUT2D eigenvalue weighted by Crippen LogP contribution is 2.17. The lowest BCUT2D eigenvalue weighted by Gasteiger charge is -2.23. The summed E-state index contributed by atoms with van der Waals surface area (Å²) < 4.78 is 5.38. The van der Waals surface area contributed by atoms with E-state index in [0.717, 1.165) is 12.2 Å². The van der Waals surface area contributed by atoms with E-state index in [0.29, 0.717) is 6.54 Å². The Morgan fingerprint density at radius 3 is 2.71 bits per heavy atom. The Labute approximate surface area is 103 Å². The minimum absolute atomic E-state index is 0.0643. The summed E-state index contributed by atoms with van der Waals surface area (Å²) in [6, 6.07) is 3.88. The zero-order chi connectivity index (χ0) is 12.8. The predicted molar refractivity (Wildman–Crippen MR) is 67.6 cm³/mol. The van der Waals surface area contributed by atoms with Gasteiger partial charge in [-0.1, -0.05) is 13.8 Å². The smallest absolute Gasteiger partial charge is 0.222 e. The Morgan fingerprint density at radius 1 is 1.53 bits per heavy atom. The lowest BCUT2D eigenvalue weighted by molar-refractivity contribution is -0.124. The Hall–Kier alpha value is -1.29. The number of likely N-dealkylation sites (N-methyl/N-ethyl adjacent to an activating group) is 1. The van der Waals surface area contributed by atoms with Gasteiger partial charge in [0.05, 0.1) is 12.3 Å². The zero-order valence-electron chi connectivity index (χ0n) is 11.1. The molecular formula is C13H22N2O2. The molecule has 4 heteroatoms. The third kappa shape index (κ3) is 3.89. The summed E-state index contributed by atoms with van der Waals surface area (Å²) in [5.74, 6) is 1.04. The maximum Gasteiger partial charge on any atom is 0.222 e.